The summed E-state index contributed by atoms with van der Waals surface area (Å²) in [4.78, 5) is 16.1. The van der Waals surface area contributed by atoms with Gasteiger partial charge in [0.2, 0.25) is 0 Å². The molecule has 0 unspecified atom stereocenters. The second-order valence-corrected chi connectivity index (χ2v) is 9.08. The van der Waals surface area contributed by atoms with E-state index in [0.29, 0.717) is 17.4 Å². The normalized spacial score (nSPS) is 25.3. The largest absolute Gasteiger partial charge is 0.508 e. The molecule has 0 aromatic heterocycles. The first-order valence-corrected chi connectivity index (χ1v) is 10.2. The molecule has 3 nitrogen and oxygen atoms in total. The van der Waals surface area contributed by atoms with Crippen molar-refractivity contribution in [2.24, 2.45) is 11.8 Å². The van der Waals surface area contributed by atoms with Gasteiger partial charge in [-0.25, -0.2) is 0 Å². The molecule has 1 saturated heterocycles. The van der Waals surface area contributed by atoms with Crippen LogP contribution in [0.1, 0.15) is 28.8 Å². The number of nitrogens with zero attached hydrogens (tertiary/aromatic N) is 1. The van der Waals surface area contributed by atoms with E-state index in [4.69, 9.17) is 0 Å². The molecular formula is C22H25NO2S. The van der Waals surface area contributed by atoms with Crippen LogP contribution >= 0.6 is 11.8 Å². The van der Waals surface area contributed by atoms with Gasteiger partial charge >= 0.3 is 0 Å². The minimum absolute atomic E-state index is 0.149. The lowest BCUT2D eigenvalue weighted by atomic mass is 10.0. The number of Topliss-reactive ketones (excluding diaryl/α,β-unsaturated/α-hetero) is 1. The van der Waals surface area contributed by atoms with Crippen molar-refractivity contribution in [1.82, 2.24) is 4.90 Å². The number of carbonyl (C=O) groups excluding carboxylic acids is 1. The van der Waals surface area contributed by atoms with Crippen LogP contribution in [0.4, 0.5) is 0 Å². The van der Waals surface area contributed by atoms with Gasteiger partial charge in [0.15, 0.2) is 5.78 Å². The average molecular weight is 368 g/mol. The van der Waals surface area contributed by atoms with Crippen molar-refractivity contribution in [2.45, 2.75) is 29.9 Å². The molecule has 4 rings (SSSR count). The van der Waals surface area contributed by atoms with E-state index in [1.54, 1.807) is 24.3 Å². The molecule has 2 fully saturated rings. The monoisotopic (exact) mass is 367 g/mol. The Morgan fingerprint density at radius 3 is 2.27 bits per heavy atom. The van der Waals surface area contributed by atoms with Gasteiger partial charge in [-0.15, -0.1) is 11.8 Å². The maximum Gasteiger partial charge on any atom is 0.176 e. The molecule has 2 aromatic carbocycles. The molecule has 1 heterocycles. The number of benzene rings is 2. The van der Waals surface area contributed by atoms with E-state index in [2.05, 4.69) is 36.1 Å². The fourth-order valence-corrected chi connectivity index (χ4v) is 5.68. The number of ketones is 1. The molecule has 2 aliphatic rings. The number of carbonyl (C=O) groups is 1. The lowest BCUT2D eigenvalue weighted by molar-refractivity contribution is 0.0941. The fraction of sp³-hybridized carbons (Fsp3) is 0.409. The molecule has 1 N–H and O–H groups in total. The summed E-state index contributed by atoms with van der Waals surface area (Å²) in [7, 11) is 0. The number of aromatic hydroxyl groups is 1. The van der Waals surface area contributed by atoms with Gasteiger partial charge in [0.1, 0.15) is 5.75 Å². The van der Waals surface area contributed by atoms with E-state index in [0.717, 1.165) is 24.9 Å². The summed E-state index contributed by atoms with van der Waals surface area (Å²) < 4.78 is 0. The molecular weight excluding hydrogens is 342 g/mol. The number of rotatable bonds is 5. The Morgan fingerprint density at radius 1 is 1.04 bits per heavy atom. The van der Waals surface area contributed by atoms with E-state index in [1.165, 1.54) is 23.3 Å². The Bertz CT molecular complexity index is 758. The standard InChI is InChI=1S/C22H25NO2S/c1-15-2-8-20(9-3-15)26-21-10-17-12-23(13-18(17)11-21)14-22(25)16-4-6-19(24)7-5-16/h2-9,17-18,21,24H,10-14H2,1H3/t17-,18+,21+. The number of fused-ring (bicyclic) bond motifs is 1. The van der Waals surface area contributed by atoms with E-state index in [-0.39, 0.29) is 11.5 Å². The van der Waals surface area contributed by atoms with Crippen LogP contribution in [0.5, 0.6) is 5.75 Å². The number of hydrogen-bond donors (Lipinski definition) is 1. The minimum Gasteiger partial charge on any atom is -0.508 e. The topological polar surface area (TPSA) is 40.5 Å². The Kier molecular flexibility index (Phi) is 5.05. The molecule has 0 spiro atoms. The minimum atomic E-state index is 0.149. The van der Waals surface area contributed by atoms with Crippen molar-refractivity contribution < 1.29 is 9.90 Å². The number of thioether (sulfide) groups is 1. The van der Waals surface area contributed by atoms with Crippen LogP contribution in [0.2, 0.25) is 0 Å². The summed E-state index contributed by atoms with van der Waals surface area (Å²) in [6.07, 6.45) is 2.51. The lowest BCUT2D eigenvalue weighted by Crippen LogP contribution is -2.29. The Labute approximate surface area is 159 Å². The predicted molar refractivity (Wildman–Crippen MR) is 106 cm³/mol. The van der Waals surface area contributed by atoms with Crippen LogP contribution in [0.15, 0.2) is 53.4 Å². The van der Waals surface area contributed by atoms with E-state index in [9.17, 15) is 9.90 Å². The molecule has 26 heavy (non-hydrogen) atoms. The van der Waals surface area contributed by atoms with Crippen molar-refractivity contribution in [3.05, 3.63) is 59.7 Å². The zero-order valence-electron chi connectivity index (χ0n) is 15.1. The summed E-state index contributed by atoms with van der Waals surface area (Å²) >= 11 is 2.02. The van der Waals surface area contributed by atoms with Gasteiger partial charge in [-0.1, -0.05) is 17.7 Å². The highest BCUT2D eigenvalue weighted by Crippen LogP contribution is 2.45. The maximum absolute atomic E-state index is 12.4. The second kappa shape index (κ2) is 7.45. The van der Waals surface area contributed by atoms with Gasteiger partial charge in [-0.2, -0.15) is 0 Å². The van der Waals surface area contributed by atoms with Gasteiger partial charge in [0, 0.05) is 28.8 Å². The fourth-order valence-electron chi connectivity index (χ4n) is 4.32. The van der Waals surface area contributed by atoms with Crippen LogP contribution in [-0.2, 0) is 0 Å². The molecule has 4 heteroatoms. The van der Waals surface area contributed by atoms with Crippen molar-refractivity contribution in [1.29, 1.82) is 0 Å². The highest BCUT2D eigenvalue weighted by molar-refractivity contribution is 8.00. The number of aryl methyl sites for hydroxylation is 1. The molecule has 0 bridgehead atoms. The third kappa shape index (κ3) is 3.97. The number of hydrogen-bond acceptors (Lipinski definition) is 4. The van der Waals surface area contributed by atoms with Crippen LogP contribution in [0.3, 0.4) is 0 Å². The van der Waals surface area contributed by atoms with Gasteiger partial charge in [-0.3, -0.25) is 9.69 Å². The third-order valence-corrected chi connectivity index (χ3v) is 6.93. The lowest BCUT2D eigenvalue weighted by Gasteiger charge is -2.18. The third-order valence-electron chi connectivity index (χ3n) is 5.66. The first-order chi connectivity index (χ1) is 12.6. The van der Waals surface area contributed by atoms with Crippen molar-refractivity contribution in [3.8, 4) is 5.75 Å². The van der Waals surface area contributed by atoms with E-state index >= 15 is 0 Å². The van der Waals surface area contributed by atoms with Gasteiger partial charge < -0.3 is 5.11 Å². The molecule has 1 saturated carbocycles. The van der Waals surface area contributed by atoms with Crippen LogP contribution in [0.25, 0.3) is 0 Å². The summed E-state index contributed by atoms with van der Waals surface area (Å²) in [5.41, 5.74) is 2.00. The van der Waals surface area contributed by atoms with E-state index < -0.39 is 0 Å². The zero-order chi connectivity index (χ0) is 18.1. The number of phenolic OH excluding ortho intramolecular Hbond substituents is 1. The van der Waals surface area contributed by atoms with Crippen LogP contribution in [-0.4, -0.2) is 40.7 Å². The SMILES string of the molecule is Cc1ccc(S[C@H]2C[C@@H]3CN(CC(=O)c4ccc(O)cc4)C[C@@H]3C2)cc1. The second-order valence-electron chi connectivity index (χ2n) is 7.71. The smallest absolute Gasteiger partial charge is 0.176 e. The molecule has 0 radical (unpaired) electrons. The summed E-state index contributed by atoms with van der Waals surface area (Å²) in [6, 6.07) is 15.4. The molecule has 2 aromatic rings. The van der Waals surface area contributed by atoms with Crippen molar-refractivity contribution in [2.75, 3.05) is 19.6 Å². The zero-order valence-corrected chi connectivity index (χ0v) is 15.9. The Hall–Kier alpha value is -1.78. The predicted octanol–water partition coefficient (Wildman–Crippen LogP) is 4.39. The summed E-state index contributed by atoms with van der Waals surface area (Å²) in [5.74, 6) is 1.81. The maximum atomic E-state index is 12.4. The number of phenols is 1. The highest BCUT2D eigenvalue weighted by Gasteiger charge is 2.41. The first kappa shape index (κ1) is 17.6. The molecule has 1 aliphatic heterocycles. The van der Waals surface area contributed by atoms with Gasteiger partial charge in [0.25, 0.3) is 0 Å². The molecule has 3 atom stereocenters. The quantitative estimate of drug-likeness (QED) is 0.796. The summed E-state index contributed by atoms with van der Waals surface area (Å²) in [6.45, 7) is 4.70. The Balaban J connectivity index is 1.28. The van der Waals surface area contributed by atoms with E-state index in [1.807, 2.05) is 11.8 Å². The molecule has 0 amide bonds. The highest BCUT2D eigenvalue weighted by atomic mass is 32.2. The molecule has 136 valence electrons. The van der Waals surface area contributed by atoms with Gasteiger partial charge in [0.05, 0.1) is 6.54 Å². The van der Waals surface area contributed by atoms with Crippen LogP contribution < -0.4 is 0 Å². The van der Waals surface area contributed by atoms with Crippen LogP contribution in [0, 0.1) is 18.8 Å². The first-order valence-electron chi connectivity index (χ1n) is 9.35. The summed E-state index contributed by atoms with van der Waals surface area (Å²) in [5, 5.41) is 10.1. The van der Waals surface area contributed by atoms with Crippen molar-refractivity contribution in [3.63, 3.8) is 0 Å². The molecule has 1 aliphatic carbocycles. The average Bonchev–Trinajstić information content (AvgIpc) is 3.15. The Morgan fingerprint density at radius 2 is 1.65 bits per heavy atom. The van der Waals surface area contributed by atoms with Gasteiger partial charge in [-0.05, 0) is 68.0 Å². The van der Waals surface area contributed by atoms with Crippen molar-refractivity contribution >= 4 is 17.5 Å². The number of likely N-dealkylation sites (tertiary alicyclic amines) is 1.